The Labute approximate surface area is 128 Å². The summed E-state index contributed by atoms with van der Waals surface area (Å²) in [7, 11) is 0. The number of fused-ring (bicyclic) bond motifs is 2. The van der Waals surface area contributed by atoms with Gasteiger partial charge in [0, 0.05) is 30.8 Å². The van der Waals surface area contributed by atoms with Crippen LogP contribution in [0.4, 0.5) is 5.69 Å². The van der Waals surface area contributed by atoms with E-state index in [1.807, 2.05) is 0 Å². The van der Waals surface area contributed by atoms with Crippen molar-refractivity contribution in [3.05, 3.63) is 29.3 Å². The predicted molar refractivity (Wildman–Crippen MR) is 88.3 cm³/mol. The van der Waals surface area contributed by atoms with Gasteiger partial charge in [0.05, 0.1) is 0 Å². The summed E-state index contributed by atoms with van der Waals surface area (Å²) in [5.74, 6) is 0.354. The molecule has 2 aliphatic rings. The first kappa shape index (κ1) is 14.6. The van der Waals surface area contributed by atoms with Gasteiger partial charge in [-0.1, -0.05) is 19.3 Å². The van der Waals surface area contributed by atoms with E-state index in [4.69, 9.17) is 0 Å². The molecule has 0 aromatic heterocycles. The molecule has 2 nitrogen and oxygen atoms in total. The van der Waals surface area contributed by atoms with E-state index in [0.29, 0.717) is 11.2 Å². The summed E-state index contributed by atoms with van der Waals surface area (Å²) < 4.78 is 0. The highest BCUT2D eigenvalue weighted by Gasteiger charge is 2.40. The summed E-state index contributed by atoms with van der Waals surface area (Å²) in [5, 5.41) is 0. The Morgan fingerprint density at radius 1 is 1.05 bits per heavy atom. The predicted octanol–water partition coefficient (Wildman–Crippen LogP) is 4.71. The fourth-order valence-electron chi connectivity index (χ4n) is 4.37. The first-order valence-corrected chi connectivity index (χ1v) is 8.63. The number of rotatable bonds is 3. The largest absolute Gasteiger partial charge is 0.372 e. The minimum atomic E-state index is 0.296. The number of Topliss-reactive ketones (excluding diaryl/α,β-unsaturated/α-hetero) is 1. The Bertz CT molecular complexity index is 524. The third-order valence-corrected chi connectivity index (χ3v) is 5.64. The van der Waals surface area contributed by atoms with Crippen molar-refractivity contribution in [2.24, 2.45) is 0 Å². The van der Waals surface area contributed by atoms with E-state index in [-0.39, 0.29) is 0 Å². The van der Waals surface area contributed by atoms with E-state index >= 15 is 0 Å². The molecule has 114 valence electrons. The maximum Gasteiger partial charge on any atom is 0.163 e. The van der Waals surface area contributed by atoms with Gasteiger partial charge in [0.1, 0.15) is 0 Å². The molecule has 0 unspecified atom stereocenters. The second-order valence-corrected chi connectivity index (χ2v) is 6.67. The van der Waals surface area contributed by atoms with Crippen LogP contribution in [0.1, 0.15) is 74.7 Å². The summed E-state index contributed by atoms with van der Waals surface area (Å²) in [6.45, 7) is 6.45. The second kappa shape index (κ2) is 5.82. The van der Waals surface area contributed by atoms with Crippen LogP contribution in [-0.4, -0.2) is 18.9 Å². The molecule has 1 saturated carbocycles. The maximum absolute atomic E-state index is 12.3. The van der Waals surface area contributed by atoms with Gasteiger partial charge in [-0.2, -0.15) is 0 Å². The lowest BCUT2D eigenvalue weighted by Gasteiger charge is -2.42. The van der Waals surface area contributed by atoms with Crippen LogP contribution in [-0.2, 0) is 5.41 Å². The molecule has 0 radical (unpaired) electrons. The maximum atomic E-state index is 12.3. The van der Waals surface area contributed by atoms with E-state index in [1.54, 1.807) is 0 Å². The zero-order valence-electron chi connectivity index (χ0n) is 13.5. The van der Waals surface area contributed by atoms with E-state index < -0.39 is 0 Å². The molecule has 0 N–H and O–H groups in total. The van der Waals surface area contributed by atoms with Gasteiger partial charge in [0.2, 0.25) is 0 Å². The molecule has 1 aromatic carbocycles. The fraction of sp³-hybridized carbons (Fsp3) is 0.632. The molecule has 0 heterocycles. The minimum Gasteiger partial charge on any atom is -0.372 e. The summed E-state index contributed by atoms with van der Waals surface area (Å²) >= 11 is 0. The van der Waals surface area contributed by atoms with Crippen LogP contribution >= 0.6 is 0 Å². The fourth-order valence-corrected chi connectivity index (χ4v) is 4.37. The van der Waals surface area contributed by atoms with Crippen LogP contribution in [0.5, 0.6) is 0 Å². The molecule has 0 saturated heterocycles. The van der Waals surface area contributed by atoms with Gasteiger partial charge < -0.3 is 4.90 Å². The molecular formula is C19H27NO. The van der Waals surface area contributed by atoms with Crippen LogP contribution in [0.2, 0.25) is 0 Å². The normalized spacial score (nSPS) is 20.4. The number of carbonyl (C=O) groups excluding carboxylic acids is 1. The number of hydrogen-bond donors (Lipinski definition) is 0. The Kier molecular flexibility index (Phi) is 4.05. The highest BCUT2D eigenvalue weighted by Crippen LogP contribution is 2.48. The van der Waals surface area contributed by atoms with Gasteiger partial charge in [-0.3, -0.25) is 4.79 Å². The summed E-state index contributed by atoms with van der Waals surface area (Å²) in [6.07, 6.45) is 8.37. The van der Waals surface area contributed by atoms with Crippen molar-refractivity contribution in [2.45, 2.75) is 64.2 Å². The van der Waals surface area contributed by atoms with Gasteiger partial charge >= 0.3 is 0 Å². The summed E-state index contributed by atoms with van der Waals surface area (Å²) in [4.78, 5) is 14.7. The van der Waals surface area contributed by atoms with Gasteiger partial charge in [-0.05, 0) is 62.3 Å². The van der Waals surface area contributed by atoms with Crippen molar-refractivity contribution in [1.82, 2.24) is 0 Å². The van der Waals surface area contributed by atoms with Crippen LogP contribution in [0.25, 0.3) is 0 Å². The third-order valence-electron chi connectivity index (χ3n) is 5.64. The lowest BCUT2D eigenvalue weighted by atomic mass is 9.62. The van der Waals surface area contributed by atoms with Crippen molar-refractivity contribution < 1.29 is 4.79 Å². The molecule has 0 amide bonds. The molecule has 1 aromatic rings. The van der Waals surface area contributed by atoms with Crippen molar-refractivity contribution >= 4 is 11.5 Å². The number of anilines is 1. The Morgan fingerprint density at radius 2 is 1.76 bits per heavy atom. The Morgan fingerprint density at radius 3 is 2.43 bits per heavy atom. The first-order valence-electron chi connectivity index (χ1n) is 8.63. The van der Waals surface area contributed by atoms with Crippen LogP contribution in [0.15, 0.2) is 18.2 Å². The molecule has 3 rings (SSSR count). The highest BCUT2D eigenvalue weighted by atomic mass is 16.1. The Balaban J connectivity index is 2.06. The average Bonchev–Trinajstić information content (AvgIpc) is 2.54. The number of carbonyl (C=O) groups is 1. The topological polar surface area (TPSA) is 20.3 Å². The smallest absolute Gasteiger partial charge is 0.163 e. The molecule has 21 heavy (non-hydrogen) atoms. The summed E-state index contributed by atoms with van der Waals surface area (Å²) in [5.41, 5.74) is 3.96. The molecule has 1 fully saturated rings. The lowest BCUT2D eigenvalue weighted by Crippen LogP contribution is -2.35. The third kappa shape index (κ3) is 2.49. The molecule has 1 spiro atoms. The van der Waals surface area contributed by atoms with Gasteiger partial charge in [0.15, 0.2) is 5.78 Å². The summed E-state index contributed by atoms with van der Waals surface area (Å²) in [6, 6.07) is 6.58. The number of hydrogen-bond acceptors (Lipinski definition) is 2. The van der Waals surface area contributed by atoms with Crippen LogP contribution in [0.3, 0.4) is 0 Å². The minimum absolute atomic E-state index is 0.296. The SMILES string of the molecule is CCN(CC)c1ccc2c(c1)C1(CCCCC1)CCC2=O. The van der Waals surface area contributed by atoms with Gasteiger partial charge in [-0.15, -0.1) is 0 Å². The number of nitrogens with zero attached hydrogens (tertiary/aromatic N) is 1. The van der Waals surface area contributed by atoms with Crippen molar-refractivity contribution in [3.63, 3.8) is 0 Å². The molecule has 2 heteroatoms. The second-order valence-electron chi connectivity index (χ2n) is 6.67. The van der Waals surface area contributed by atoms with Crippen molar-refractivity contribution in [3.8, 4) is 0 Å². The monoisotopic (exact) mass is 285 g/mol. The van der Waals surface area contributed by atoms with E-state index in [1.165, 1.54) is 43.4 Å². The number of benzene rings is 1. The van der Waals surface area contributed by atoms with Crippen LogP contribution < -0.4 is 4.90 Å². The van der Waals surface area contributed by atoms with Crippen molar-refractivity contribution in [2.75, 3.05) is 18.0 Å². The molecule has 2 aliphatic carbocycles. The zero-order chi connectivity index (χ0) is 14.9. The van der Waals surface area contributed by atoms with Gasteiger partial charge in [-0.25, -0.2) is 0 Å². The molecule has 0 atom stereocenters. The standard InChI is InChI=1S/C19H27NO/c1-3-20(4-2)15-8-9-16-17(14-15)19(13-10-18(16)21)11-6-5-7-12-19/h8-9,14H,3-7,10-13H2,1-2H3. The molecule has 0 aliphatic heterocycles. The zero-order valence-corrected chi connectivity index (χ0v) is 13.5. The van der Waals surface area contributed by atoms with Crippen molar-refractivity contribution in [1.29, 1.82) is 0 Å². The quantitative estimate of drug-likeness (QED) is 0.801. The molecule has 0 bridgehead atoms. The van der Waals surface area contributed by atoms with Gasteiger partial charge in [0.25, 0.3) is 0 Å². The average molecular weight is 285 g/mol. The number of ketones is 1. The molecular weight excluding hydrogens is 258 g/mol. The first-order chi connectivity index (χ1) is 10.2. The van der Waals surface area contributed by atoms with E-state index in [2.05, 4.69) is 36.9 Å². The van der Waals surface area contributed by atoms with Crippen LogP contribution in [0, 0.1) is 0 Å². The lowest BCUT2D eigenvalue weighted by molar-refractivity contribution is 0.0939. The Hall–Kier alpha value is -1.31. The highest BCUT2D eigenvalue weighted by molar-refractivity contribution is 5.99. The van der Waals surface area contributed by atoms with E-state index in [9.17, 15) is 4.79 Å². The van der Waals surface area contributed by atoms with E-state index in [0.717, 1.165) is 31.5 Å².